The van der Waals surface area contributed by atoms with Gasteiger partial charge in [0.1, 0.15) is 19.0 Å². The zero-order chi connectivity index (χ0) is 18.6. The van der Waals surface area contributed by atoms with Crippen LogP contribution in [-0.2, 0) is 18.4 Å². The van der Waals surface area contributed by atoms with Gasteiger partial charge in [0, 0.05) is 12.6 Å². The van der Waals surface area contributed by atoms with Crippen LogP contribution in [-0.4, -0.2) is 39.6 Å². The Labute approximate surface area is 159 Å². The zero-order valence-corrected chi connectivity index (χ0v) is 15.5. The largest absolute Gasteiger partial charge is 0.486 e. The lowest BCUT2D eigenvalue weighted by atomic mass is 10.2. The second-order valence-electron chi connectivity index (χ2n) is 5.87. The summed E-state index contributed by atoms with van der Waals surface area (Å²) in [7, 11) is 1.87. The lowest BCUT2D eigenvalue weighted by Crippen LogP contribution is -2.24. The van der Waals surface area contributed by atoms with Crippen molar-refractivity contribution in [3.05, 3.63) is 42.4 Å². The lowest BCUT2D eigenvalue weighted by Gasteiger charge is -2.18. The van der Waals surface area contributed by atoms with Gasteiger partial charge in [-0.2, -0.15) is 0 Å². The van der Waals surface area contributed by atoms with Crippen molar-refractivity contribution in [2.24, 2.45) is 7.05 Å². The molecule has 1 N–H and O–H groups in total. The summed E-state index contributed by atoms with van der Waals surface area (Å²) < 4.78 is 18.2. The van der Waals surface area contributed by atoms with E-state index in [9.17, 15) is 4.79 Å². The summed E-state index contributed by atoms with van der Waals surface area (Å²) in [4.78, 5) is 12.0. The van der Waals surface area contributed by atoms with Gasteiger partial charge in [-0.05, 0) is 30.3 Å². The van der Waals surface area contributed by atoms with E-state index in [1.54, 1.807) is 12.3 Å². The number of hydrogen-bond acceptors (Lipinski definition) is 7. The Bertz CT molecular complexity index is 939. The molecule has 0 bridgehead atoms. The summed E-state index contributed by atoms with van der Waals surface area (Å²) in [6, 6.07) is 9.28. The highest BCUT2D eigenvalue weighted by Crippen LogP contribution is 2.34. The van der Waals surface area contributed by atoms with Crippen LogP contribution in [0, 0.1) is 0 Å². The number of fused-ring (bicyclic) bond motifs is 1. The number of amides is 1. The molecule has 0 fully saturated rings. The molecule has 140 valence electrons. The smallest absolute Gasteiger partial charge is 0.230 e. The van der Waals surface area contributed by atoms with Crippen molar-refractivity contribution in [2.45, 2.75) is 11.7 Å². The van der Waals surface area contributed by atoms with Gasteiger partial charge >= 0.3 is 0 Å². The van der Waals surface area contributed by atoms with E-state index in [0.29, 0.717) is 42.2 Å². The molecule has 3 aromatic rings. The minimum absolute atomic E-state index is 0.0970. The molecule has 1 aliphatic rings. The number of ether oxygens (including phenoxy) is 2. The van der Waals surface area contributed by atoms with E-state index in [1.807, 2.05) is 35.9 Å². The van der Waals surface area contributed by atoms with Crippen LogP contribution in [0.4, 0.5) is 0 Å². The van der Waals surface area contributed by atoms with E-state index in [4.69, 9.17) is 13.9 Å². The van der Waals surface area contributed by atoms with Crippen molar-refractivity contribution in [1.82, 2.24) is 20.1 Å². The summed E-state index contributed by atoms with van der Waals surface area (Å²) >= 11 is 1.33. The Morgan fingerprint density at radius 1 is 1.22 bits per heavy atom. The van der Waals surface area contributed by atoms with Crippen LogP contribution in [0.2, 0.25) is 0 Å². The molecule has 0 aliphatic carbocycles. The molecular formula is C18H18N4O4S. The highest BCUT2D eigenvalue weighted by atomic mass is 32.2. The van der Waals surface area contributed by atoms with Gasteiger partial charge in [0.25, 0.3) is 0 Å². The molecule has 0 atom stereocenters. The maximum Gasteiger partial charge on any atom is 0.230 e. The molecule has 1 aliphatic heterocycles. The third-order valence-corrected chi connectivity index (χ3v) is 5.03. The predicted molar refractivity (Wildman–Crippen MR) is 98.7 cm³/mol. The van der Waals surface area contributed by atoms with Crippen molar-refractivity contribution < 1.29 is 18.7 Å². The van der Waals surface area contributed by atoms with Gasteiger partial charge in [0.15, 0.2) is 22.5 Å². The number of benzene rings is 1. The number of carbonyl (C=O) groups is 1. The van der Waals surface area contributed by atoms with Crippen LogP contribution in [0.1, 0.15) is 5.76 Å². The fourth-order valence-electron chi connectivity index (χ4n) is 2.65. The van der Waals surface area contributed by atoms with Crippen LogP contribution >= 0.6 is 11.8 Å². The van der Waals surface area contributed by atoms with E-state index in [-0.39, 0.29) is 11.7 Å². The first kappa shape index (κ1) is 17.5. The van der Waals surface area contributed by atoms with Crippen LogP contribution in [0.25, 0.3) is 11.4 Å². The van der Waals surface area contributed by atoms with E-state index >= 15 is 0 Å². The third kappa shape index (κ3) is 3.92. The van der Waals surface area contributed by atoms with Gasteiger partial charge < -0.3 is 23.8 Å². The average molecular weight is 386 g/mol. The topological polar surface area (TPSA) is 91.4 Å². The molecule has 1 aromatic carbocycles. The highest BCUT2D eigenvalue weighted by molar-refractivity contribution is 7.99. The standard InChI is InChI=1S/C18H18N4O4S/c1-22-17(12-4-5-14-15(9-12)26-8-7-25-14)20-21-18(22)27-11-16(23)19-10-13-3-2-6-24-13/h2-6,9H,7-8,10-11H2,1H3,(H,19,23). The van der Waals surface area contributed by atoms with Crippen LogP contribution in [0.3, 0.4) is 0 Å². The number of thioether (sulfide) groups is 1. The Morgan fingerprint density at radius 2 is 2.07 bits per heavy atom. The number of rotatable bonds is 6. The van der Waals surface area contributed by atoms with Crippen molar-refractivity contribution in [2.75, 3.05) is 19.0 Å². The van der Waals surface area contributed by atoms with Gasteiger partial charge in [0.2, 0.25) is 5.91 Å². The molecule has 9 heteroatoms. The van der Waals surface area contributed by atoms with E-state index in [2.05, 4.69) is 15.5 Å². The molecule has 0 unspecified atom stereocenters. The molecule has 4 rings (SSSR count). The SMILES string of the molecule is Cn1c(SCC(=O)NCc2ccco2)nnc1-c1ccc2c(c1)OCCO2. The van der Waals surface area contributed by atoms with E-state index in [1.165, 1.54) is 11.8 Å². The number of furan rings is 1. The molecule has 8 nitrogen and oxygen atoms in total. The summed E-state index contributed by atoms with van der Waals surface area (Å²) in [6.45, 7) is 1.45. The minimum Gasteiger partial charge on any atom is -0.486 e. The normalized spacial score (nSPS) is 12.8. The Kier molecular flexibility index (Phi) is 5.01. The second-order valence-corrected chi connectivity index (χ2v) is 6.81. The molecular weight excluding hydrogens is 368 g/mol. The summed E-state index contributed by atoms with van der Waals surface area (Å²) in [5.74, 6) is 3.00. The maximum atomic E-state index is 12.0. The number of aromatic nitrogens is 3. The number of nitrogens with one attached hydrogen (secondary N) is 1. The number of hydrogen-bond donors (Lipinski definition) is 1. The zero-order valence-electron chi connectivity index (χ0n) is 14.7. The van der Waals surface area contributed by atoms with Gasteiger partial charge in [-0.15, -0.1) is 10.2 Å². The van der Waals surface area contributed by atoms with Crippen molar-refractivity contribution in [3.63, 3.8) is 0 Å². The van der Waals surface area contributed by atoms with Crippen LogP contribution in [0.15, 0.2) is 46.2 Å². The van der Waals surface area contributed by atoms with Crippen LogP contribution < -0.4 is 14.8 Å². The third-order valence-electron chi connectivity index (χ3n) is 4.01. The Hall–Kier alpha value is -2.94. The molecule has 27 heavy (non-hydrogen) atoms. The molecule has 3 heterocycles. The Balaban J connectivity index is 1.39. The fourth-order valence-corrected chi connectivity index (χ4v) is 3.40. The first-order valence-corrected chi connectivity index (χ1v) is 9.40. The van der Waals surface area contributed by atoms with Gasteiger partial charge in [-0.25, -0.2) is 0 Å². The monoisotopic (exact) mass is 386 g/mol. The first-order chi connectivity index (χ1) is 13.2. The Morgan fingerprint density at radius 3 is 2.89 bits per heavy atom. The van der Waals surface area contributed by atoms with E-state index in [0.717, 1.165) is 11.3 Å². The van der Waals surface area contributed by atoms with Crippen LogP contribution in [0.5, 0.6) is 11.5 Å². The van der Waals surface area contributed by atoms with Gasteiger partial charge in [0.05, 0.1) is 18.6 Å². The minimum atomic E-state index is -0.0970. The van der Waals surface area contributed by atoms with Crippen molar-refractivity contribution in [1.29, 1.82) is 0 Å². The van der Waals surface area contributed by atoms with Crippen molar-refractivity contribution >= 4 is 17.7 Å². The first-order valence-electron chi connectivity index (χ1n) is 8.42. The summed E-state index contributed by atoms with van der Waals surface area (Å²) in [6.07, 6.45) is 1.58. The summed E-state index contributed by atoms with van der Waals surface area (Å²) in [5, 5.41) is 11.9. The highest BCUT2D eigenvalue weighted by Gasteiger charge is 2.17. The fraction of sp³-hybridized carbons (Fsp3) is 0.278. The second kappa shape index (κ2) is 7.75. The molecule has 0 radical (unpaired) electrons. The quantitative estimate of drug-likeness (QED) is 0.650. The summed E-state index contributed by atoms with van der Waals surface area (Å²) in [5.41, 5.74) is 0.878. The average Bonchev–Trinajstić information content (AvgIpc) is 3.34. The van der Waals surface area contributed by atoms with E-state index < -0.39 is 0 Å². The number of nitrogens with zero attached hydrogens (tertiary/aromatic N) is 3. The molecule has 0 saturated heterocycles. The number of carbonyl (C=O) groups excluding carboxylic acids is 1. The molecule has 0 saturated carbocycles. The molecule has 2 aromatic heterocycles. The van der Waals surface area contributed by atoms with Gasteiger partial charge in [-0.3, -0.25) is 4.79 Å². The molecule has 1 amide bonds. The predicted octanol–water partition coefficient (Wildman–Crippen LogP) is 2.25. The maximum absolute atomic E-state index is 12.0. The van der Waals surface area contributed by atoms with Gasteiger partial charge in [-0.1, -0.05) is 11.8 Å². The van der Waals surface area contributed by atoms with Crippen molar-refractivity contribution in [3.8, 4) is 22.9 Å². The lowest BCUT2D eigenvalue weighted by molar-refractivity contribution is -0.118. The molecule has 0 spiro atoms.